The minimum absolute atomic E-state index is 0.812. The Morgan fingerprint density at radius 1 is 1.29 bits per heavy atom. The van der Waals surface area contributed by atoms with E-state index in [1.165, 1.54) is 41.4 Å². The van der Waals surface area contributed by atoms with Gasteiger partial charge in [0.05, 0.1) is 0 Å². The monoisotopic (exact) mass is 407 g/mol. The van der Waals surface area contributed by atoms with Crippen molar-refractivity contribution in [2.45, 2.75) is 38.3 Å². The summed E-state index contributed by atoms with van der Waals surface area (Å²) in [6, 6.07) is 9.76. The highest BCUT2D eigenvalue weighted by atomic mass is 127. The Morgan fingerprint density at radius 2 is 2.06 bits per heavy atom. The van der Waals surface area contributed by atoms with Gasteiger partial charge in [-0.3, -0.25) is 4.90 Å². The molecule has 3 heteroatoms. The molecule has 1 atom stereocenters. The second-order valence-corrected chi connectivity index (χ2v) is 6.76. The van der Waals surface area contributed by atoms with Crippen molar-refractivity contribution < 1.29 is 0 Å². The maximum Gasteiger partial charge on any atom is 0.0236 e. The zero-order valence-electron chi connectivity index (χ0n) is 10.0. The maximum atomic E-state index is 3.53. The van der Waals surface area contributed by atoms with Crippen LogP contribution in [-0.4, -0.2) is 22.8 Å². The molecule has 0 aromatic heterocycles. The minimum atomic E-state index is 0.812. The maximum absolute atomic E-state index is 3.53. The molecule has 17 heavy (non-hydrogen) atoms. The highest BCUT2D eigenvalue weighted by Gasteiger charge is 2.23. The Kier molecular flexibility index (Phi) is 5.77. The van der Waals surface area contributed by atoms with Crippen molar-refractivity contribution in [3.63, 3.8) is 0 Å². The predicted molar refractivity (Wildman–Crippen MR) is 85.6 cm³/mol. The molecule has 0 aliphatic carbocycles. The first kappa shape index (κ1) is 13.8. The van der Waals surface area contributed by atoms with E-state index in [1.54, 1.807) is 0 Å². The first-order chi connectivity index (χ1) is 8.29. The molecule has 94 valence electrons. The van der Waals surface area contributed by atoms with Crippen LogP contribution in [0.2, 0.25) is 0 Å². The number of nitrogens with zero attached hydrogens (tertiary/aromatic N) is 1. The molecule has 1 aliphatic heterocycles. The lowest BCUT2D eigenvalue weighted by molar-refractivity contribution is 0.234. The van der Waals surface area contributed by atoms with Gasteiger partial charge in [0.15, 0.2) is 0 Å². The zero-order chi connectivity index (χ0) is 12.1. The third-order valence-electron chi connectivity index (χ3n) is 3.47. The van der Waals surface area contributed by atoms with E-state index in [-0.39, 0.29) is 0 Å². The molecule has 1 fully saturated rings. The second kappa shape index (κ2) is 7.10. The van der Waals surface area contributed by atoms with Gasteiger partial charge in [-0.25, -0.2) is 0 Å². The Hall–Kier alpha value is 0.390. The lowest BCUT2D eigenvalue weighted by Crippen LogP contribution is -2.28. The molecule has 0 bridgehead atoms. The van der Waals surface area contributed by atoms with Gasteiger partial charge in [0, 0.05) is 21.5 Å². The third-order valence-corrected chi connectivity index (χ3v) is 4.75. The molecule has 1 saturated heterocycles. The molecule has 1 heterocycles. The van der Waals surface area contributed by atoms with E-state index in [0.717, 1.165) is 17.9 Å². The van der Waals surface area contributed by atoms with Gasteiger partial charge in [0.25, 0.3) is 0 Å². The molecular formula is C14H19BrIN. The summed E-state index contributed by atoms with van der Waals surface area (Å²) < 4.78 is 1.32. The number of benzene rings is 1. The van der Waals surface area contributed by atoms with Gasteiger partial charge in [0.2, 0.25) is 0 Å². The van der Waals surface area contributed by atoms with Crippen LogP contribution >= 0.6 is 38.5 Å². The molecule has 0 spiro atoms. The summed E-state index contributed by atoms with van der Waals surface area (Å²) in [5, 5.41) is 1.14. The molecule has 0 saturated carbocycles. The highest BCUT2D eigenvalue weighted by Crippen LogP contribution is 2.24. The van der Waals surface area contributed by atoms with E-state index in [4.69, 9.17) is 0 Å². The van der Waals surface area contributed by atoms with Gasteiger partial charge >= 0.3 is 0 Å². The van der Waals surface area contributed by atoms with Gasteiger partial charge in [-0.1, -0.05) is 28.1 Å². The Balaban J connectivity index is 1.90. The number of rotatable bonds is 5. The van der Waals surface area contributed by atoms with Gasteiger partial charge < -0.3 is 0 Å². The van der Waals surface area contributed by atoms with E-state index in [2.05, 4.69) is 67.7 Å². The van der Waals surface area contributed by atoms with Crippen molar-refractivity contribution in [3.05, 3.63) is 33.4 Å². The fourth-order valence-electron chi connectivity index (χ4n) is 2.57. The lowest BCUT2D eigenvalue weighted by atomic mass is 10.1. The van der Waals surface area contributed by atoms with Crippen molar-refractivity contribution in [2.24, 2.45) is 0 Å². The molecule has 1 nitrogen and oxygen atoms in total. The molecule has 0 amide bonds. The summed E-state index contributed by atoms with van der Waals surface area (Å²) in [5.74, 6) is 0. The van der Waals surface area contributed by atoms with E-state index in [9.17, 15) is 0 Å². The fourth-order valence-corrected chi connectivity index (χ4v) is 3.25. The summed E-state index contributed by atoms with van der Waals surface area (Å²) in [4.78, 5) is 2.66. The summed E-state index contributed by atoms with van der Waals surface area (Å²) >= 11 is 5.90. The molecule has 1 unspecified atom stereocenters. The molecule has 0 radical (unpaired) electrons. The van der Waals surface area contributed by atoms with Gasteiger partial charge in [0.1, 0.15) is 0 Å². The standard InChI is InChI=1S/C14H19BrIN/c15-9-1-3-14-4-2-10-17(14)11-12-5-7-13(16)8-6-12/h5-8,14H,1-4,9-11H2. The highest BCUT2D eigenvalue weighted by molar-refractivity contribution is 14.1. The van der Waals surface area contributed by atoms with Crippen LogP contribution in [0.1, 0.15) is 31.2 Å². The quantitative estimate of drug-likeness (QED) is 0.515. The summed E-state index contributed by atoms with van der Waals surface area (Å²) in [6.45, 7) is 2.41. The molecular weight excluding hydrogens is 389 g/mol. The first-order valence-corrected chi connectivity index (χ1v) is 8.54. The SMILES string of the molecule is BrCCCC1CCCN1Cc1ccc(I)cc1. The molecule has 1 aliphatic rings. The topological polar surface area (TPSA) is 3.24 Å². The third kappa shape index (κ3) is 4.21. The van der Waals surface area contributed by atoms with Gasteiger partial charge in [-0.2, -0.15) is 0 Å². The lowest BCUT2D eigenvalue weighted by Gasteiger charge is -2.24. The number of hydrogen-bond acceptors (Lipinski definition) is 1. The largest absolute Gasteiger partial charge is 0.296 e. The van der Waals surface area contributed by atoms with Crippen molar-refractivity contribution >= 4 is 38.5 Å². The van der Waals surface area contributed by atoms with Crippen LogP contribution in [0.4, 0.5) is 0 Å². The van der Waals surface area contributed by atoms with Crippen LogP contribution in [0.15, 0.2) is 24.3 Å². The zero-order valence-corrected chi connectivity index (χ0v) is 13.8. The fraction of sp³-hybridized carbons (Fsp3) is 0.571. The Labute approximate surface area is 126 Å². The predicted octanol–water partition coefficient (Wildman–Crippen LogP) is 4.43. The number of alkyl halides is 1. The molecule has 0 N–H and O–H groups in total. The second-order valence-electron chi connectivity index (χ2n) is 4.72. The van der Waals surface area contributed by atoms with Crippen molar-refractivity contribution in [2.75, 3.05) is 11.9 Å². The van der Waals surface area contributed by atoms with Crippen molar-refractivity contribution in [1.82, 2.24) is 4.90 Å². The Morgan fingerprint density at radius 3 is 2.76 bits per heavy atom. The van der Waals surface area contributed by atoms with E-state index in [0.29, 0.717) is 0 Å². The Bertz CT molecular complexity index is 339. The van der Waals surface area contributed by atoms with E-state index < -0.39 is 0 Å². The number of hydrogen-bond donors (Lipinski definition) is 0. The van der Waals surface area contributed by atoms with E-state index in [1.807, 2.05) is 0 Å². The van der Waals surface area contributed by atoms with Gasteiger partial charge in [-0.15, -0.1) is 0 Å². The molecule has 2 rings (SSSR count). The van der Waals surface area contributed by atoms with E-state index >= 15 is 0 Å². The first-order valence-electron chi connectivity index (χ1n) is 6.34. The normalized spacial score (nSPS) is 20.9. The number of likely N-dealkylation sites (tertiary alicyclic amines) is 1. The average molecular weight is 408 g/mol. The summed E-state index contributed by atoms with van der Waals surface area (Å²) in [6.07, 6.45) is 5.40. The minimum Gasteiger partial charge on any atom is -0.296 e. The van der Waals surface area contributed by atoms with Crippen molar-refractivity contribution in [1.29, 1.82) is 0 Å². The summed E-state index contributed by atoms with van der Waals surface area (Å²) in [5.41, 5.74) is 1.45. The van der Waals surface area contributed by atoms with Crippen LogP contribution in [-0.2, 0) is 6.54 Å². The average Bonchev–Trinajstić information content (AvgIpc) is 2.77. The molecule has 1 aromatic carbocycles. The van der Waals surface area contributed by atoms with Crippen LogP contribution in [0.5, 0.6) is 0 Å². The van der Waals surface area contributed by atoms with Crippen LogP contribution in [0.25, 0.3) is 0 Å². The van der Waals surface area contributed by atoms with Crippen LogP contribution in [0.3, 0.4) is 0 Å². The van der Waals surface area contributed by atoms with Crippen molar-refractivity contribution in [3.8, 4) is 0 Å². The van der Waals surface area contributed by atoms with Gasteiger partial charge in [-0.05, 0) is 72.5 Å². The van der Waals surface area contributed by atoms with Crippen LogP contribution in [0, 0.1) is 3.57 Å². The number of halogens is 2. The smallest absolute Gasteiger partial charge is 0.0236 e. The molecule has 1 aromatic rings. The van der Waals surface area contributed by atoms with Crippen LogP contribution < -0.4 is 0 Å². The summed E-state index contributed by atoms with van der Waals surface area (Å²) in [7, 11) is 0.